The molecule has 3 nitrogen and oxygen atoms in total. The number of halogens is 2. The maximum Gasteiger partial charge on any atom is 0.225 e. The normalized spacial score (nSPS) is 11.4. The van der Waals surface area contributed by atoms with E-state index >= 15 is 0 Å². The van der Waals surface area contributed by atoms with E-state index in [1.54, 1.807) is 18.2 Å². The van der Waals surface area contributed by atoms with Gasteiger partial charge in [-0.2, -0.15) is 0 Å². The summed E-state index contributed by atoms with van der Waals surface area (Å²) in [5, 5.41) is 6.79. The minimum absolute atomic E-state index is 0.00792. The van der Waals surface area contributed by atoms with Gasteiger partial charge < -0.3 is 10.6 Å². The highest BCUT2D eigenvalue weighted by Gasteiger charge is 2.11. The topological polar surface area (TPSA) is 41.1 Å². The molecule has 2 N–H and O–H groups in total. The summed E-state index contributed by atoms with van der Waals surface area (Å²) in [5.74, 6) is -0.0871. The fourth-order valence-electron chi connectivity index (χ4n) is 1.36. The van der Waals surface area contributed by atoms with Gasteiger partial charge in [0, 0.05) is 18.5 Å². The van der Waals surface area contributed by atoms with Gasteiger partial charge in [0.2, 0.25) is 5.91 Å². The second kappa shape index (κ2) is 6.41. The molecule has 0 bridgehead atoms. The number of nitrogens with one attached hydrogen (secondary N) is 2. The Hall–Kier alpha value is -0.770. The fraction of sp³-hybridized carbons (Fsp3) is 0.462. The van der Waals surface area contributed by atoms with Gasteiger partial charge in [-0.25, -0.2) is 0 Å². The smallest absolute Gasteiger partial charge is 0.225 e. The Morgan fingerprint density at radius 1 is 1.28 bits per heavy atom. The quantitative estimate of drug-likeness (QED) is 0.887. The van der Waals surface area contributed by atoms with E-state index in [9.17, 15) is 4.79 Å². The van der Waals surface area contributed by atoms with Crippen LogP contribution in [0.15, 0.2) is 18.2 Å². The molecule has 0 saturated heterocycles. The Bertz CT molecular complexity index is 427. The van der Waals surface area contributed by atoms with Gasteiger partial charge in [0.25, 0.3) is 0 Å². The molecule has 0 radical (unpaired) electrons. The highest BCUT2D eigenvalue weighted by atomic mass is 35.5. The molecule has 0 aliphatic carbocycles. The van der Waals surface area contributed by atoms with Crippen molar-refractivity contribution in [3.8, 4) is 0 Å². The van der Waals surface area contributed by atoms with Crippen LogP contribution < -0.4 is 10.6 Å². The average molecular weight is 289 g/mol. The van der Waals surface area contributed by atoms with E-state index in [2.05, 4.69) is 31.4 Å². The summed E-state index contributed by atoms with van der Waals surface area (Å²) >= 11 is 11.8. The summed E-state index contributed by atoms with van der Waals surface area (Å²) in [7, 11) is 0. The highest BCUT2D eigenvalue weighted by Crippen LogP contribution is 2.29. The Balaban J connectivity index is 2.48. The summed E-state index contributed by atoms with van der Waals surface area (Å²) in [6.45, 7) is 6.78. The third kappa shape index (κ3) is 5.25. The molecule has 0 aromatic heterocycles. The van der Waals surface area contributed by atoms with Crippen LogP contribution in [-0.4, -0.2) is 18.0 Å². The lowest BCUT2D eigenvalue weighted by molar-refractivity contribution is -0.116. The molecule has 0 atom stereocenters. The second-order valence-electron chi connectivity index (χ2n) is 5.08. The van der Waals surface area contributed by atoms with Crippen molar-refractivity contribution < 1.29 is 4.79 Å². The van der Waals surface area contributed by atoms with Crippen LogP contribution in [0.3, 0.4) is 0 Å². The SMILES string of the molecule is CC(C)(C)NCCC(=O)Nc1cccc(Cl)c1Cl. The van der Waals surface area contributed by atoms with Crippen molar-refractivity contribution >= 4 is 34.8 Å². The molecule has 5 heteroatoms. The molecule has 1 aromatic carbocycles. The lowest BCUT2D eigenvalue weighted by atomic mass is 10.1. The Morgan fingerprint density at radius 2 is 1.94 bits per heavy atom. The molecule has 0 heterocycles. The first-order chi connectivity index (χ1) is 8.29. The summed E-state index contributed by atoms with van der Waals surface area (Å²) in [4.78, 5) is 11.7. The van der Waals surface area contributed by atoms with Gasteiger partial charge in [0.15, 0.2) is 0 Å². The average Bonchev–Trinajstić information content (AvgIpc) is 2.23. The fourth-order valence-corrected chi connectivity index (χ4v) is 1.71. The van der Waals surface area contributed by atoms with E-state index < -0.39 is 0 Å². The summed E-state index contributed by atoms with van der Waals surface area (Å²) in [6, 6.07) is 5.15. The number of carbonyl (C=O) groups is 1. The number of anilines is 1. The van der Waals surface area contributed by atoms with E-state index in [-0.39, 0.29) is 11.4 Å². The predicted molar refractivity (Wildman–Crippen MR) is 77.5 cm³/mol. The van der Waals surface area contributed by atoms with Gasteiger partial charge in [0.1, 0.15) is 0 Å². The molecule has 100 valence electrons. The highest BCUT2D eigenvalue weighted by molar-refractivity contribution is 6.43. The zero-order valence-corrected chi connectivity index (χ0v) is 12.3. The molecule has 0 spiro atoms. The van der Waals surface area contributed by atoms with Crippen molar-refractivity contribution in [2.75, 3.05) is 11.9 Å². The van der Waals surface area contributed by atoms with E-state index in [1.165, 1.54) is 0 Å². The van der Waals surface area contributed by atoms with Crippen molar-refractivity contribution in [1.29, 1.82) is 0 Å². The van der Waals surface area contributed by atoms with E-state index in [4.69, 9.17) is 23.2 Å². The zero-order valence-electron chi connectivity index (χ0n) is 10.8. The van der Waals surface area contributed by atoms with E-state index in [0.29, 0.717) is 28.7 Å². The van der Waals surface area contributed by atoms with Crippen molar-refractivity contribution in [1.82, 2.24) is 5.32 Å². The second-order valence-corrected chi connectivity index (χ2v) is 5.86. The van der Waals surface area contributed by atoms with Gasteiger partial charge in [-0.3, -0.25) is 4.79 Å². The van der Waals surface area contributed by atoms with Gasteiger partial charge in [0.05, 0.1) is 15.7 Å². The number of rotatable bonds is 4. The monoisotopic (exact) mass is 288 g/mol. The zero-order chi connectivity index (χ0) is 13.8. The van der Waals surface area contributed by atoms with Crippen molar-refractivity contribution in [3.05, 3.63) is 28.2 Å². The largest absolute Gasteiger partial charge is 0.325 e. The first-order valence-electron chi connectivity index (χ1n) is 5.78. The van der Waals surface area contributed by atoms with Crippen molar-refractivity contribution in [2.24, 2.45) is 0 Å². The lowest BCUT2D eigenvalue weighted by Crippen LogP contribution is -2.37. The number of amides is 1. The lowest BCUT2D eigenvalue weighted by Gasteiger charge is -2.20. The standard InChI is InChI=1S/C13H18Cl2N2O/c1-13(2,3)16-8-7-11(18)17-10-6-4-5-9(14)12(10)15/h4-6,16H,7-8H2,1-3H3,(H,17,18). The van der Waals surface area contributed by atoms with Gasteiger partial charge in [-0.1, -0.05) is 29.3 Å². The molecule has 1 rings (SSSR count). The van der Waals surface area contributed by atoms with Crippen LogP contribution in [-0.2, 0) is 4.79 Å². The van der Waals surface area contributed by atoms with Crippen LogP contribution in [0.4, 0.5) is 5.69 Å². The van der Waals surface area contributed by atoms with Crippen LogP contribution in [0, 0.1) is 0 Å². The van der Waals surface area contributed by atoms with Crippen LogP contribution in [0.5, 0.6) is 0 Å². The maximum absolute atomic E-state index is 11.7. The number of hydrogen-bond donors (Lipinski definition) is 2. The first kappa shape index (κ1) is 15.3. The van der Waals surface area contributed by atoms with Gasteiger partial charge >= 0.3 is 0 Å². The third-order valence-corrected chi connectivity index (χ3v) is 3.05. The number of benzene rings is 1. The predicted octanol–water partition coefficient (Wildman–Crippen LogP) is 3.71. The molecule has 0 unspecified atom stereocenters. The van der Waals surface area contributed by atoms with Crippen molar-refractivity contribution in [3.63, 3.8) is 0 Å². The van der Waals surface area contributed by atoms with Crippen LogP contribution in [0.1, 0.15) is 27.2 Å². The molecule has 0 aliphatic rings. The minimum Gasteiger partial charge on any atom is -0.325 e. The van der Waals surface area contributed by atoms with Crippen LogP contribution >= 0.6 is 23.2 Å². The molecule has 0 aliphatic heterocycles. The third-order valence-electron chi connectivity index (χ3n) is 2.23. The van der Waals surface area contributed by atoms with Gasteiger partial charge in [-0.15, -0.1) is 0 Å². The van der Waals surface area contributed by atoms with Crippen LogP contribution in [0.25, 0.3) is 0 Å². The number of hydrogen-bond acceptors (Lipinski definition) is 2. The van der Waals surface area contributed by atoms with E-state index in [0.717, 1.165) is 0 Å². The molecule has 0 saturated carbocycles. The first-order valence-corrected chi connectivity index (χ1v) is 6.54. The Labute approximate surface area is 118 Å². The molecule has 0 fully saturated rings. The summed E-state index contributed by atoms with van der Waals surface area (Å²) in [5.41, 5.74) is 0.554. The molecule has 1 aromatic rings. The Morgan fingerprint density at radius 3 is 2.56 bits per heavy atom. The van der Waals surface area contributed by atoms with E-state index in [1.807, 2.05) is 0 Å². The summed E-state index contributed by atoms with van der Waals surface area (Å²) < 4.78 is 0. The summed E-state index contributed by atoms with van der Waals surface area (Å²) in [6.07, 6.45) is 0.389. The molecule has 18 heavy (non-hydrogen) atoms. The van der Waals surface area contributed by atoms with Crippen molar-refractivity contribution in [2.45, 2.75) is 32.7 Å². The minimum atomic E-state index is -0.0871. The Kier molecular flexibility index (Phi) is 5.45. The van der Waals surface area contributed by atoms with Crippen LogP contribution in [0.2, 0.25) is 10.0 Å². The van der Waals surface area contributed by atoms with Gasteiger partial charge in [-0.05, 0) is 32.9 Å². The molecular weight excluding hydrogens is 271 g/mol. The maximum atomic E-state index is 11.7. The molecule has 1 amide bonds. The molecular formula is C13H18Cl2N2O. The number of carbonyl (C=O) groups excluding carboxylic acids is 1.